The summed E-state index contributed by atoms with van der Waals surface area (Å²) < 4.78 is 2.71. The molecule has 0 bridgehead atoms. The van der Waals surface area contributed by atoms with E-state index in [1.807, 2.05) is 16.7 Å². The van der Waals surface area contributed by atoms with Crippen LogP contribution in [0.25, 0.3) is 5.65 Å². The van der Waals surface area contributed by atoms with Gasteiger partial charge >= 0.3 is 0 Å². The molecule has 0 saturated carbocycles. The molecule has 2 aromatic rings. The van der Waals surface area contributed by atoms with Crippen molar-refractivity contribution in [2.24, 2.45) is 5.92 Å². The Morgan fingerprint density at radius 1 is 1.56 bits per heavy atom. The average Bonchev–Trinajstić information content (AvgIpc) is 2.68. The quantitative estimate of drug-likeness (QED) is 0.808. The van der Waals surface area contributed by atoms with Crippen molar-refractivity contribution in [3.8, 4) is 0 Å². The second-order valence-electron chi connectivity index (χ2n) is 4.64. The number of halogens is 1. The largest absolute Gasteiger partial charge is 0.396 e. The Hall–Kier alpha value is -1.27. The summed E-state index contributed by atoms with van der Waals surface area (Å²) in [5, 5.41) is 12.6. The third-order valence-corrected chi connectivity index (χ3v) is 3.53. The smallest absolute Gasteiger partial charge is 0.161 e. The molecule has 2 aromatic heterocycles. The molecule has 2 rings (SSSR count). The standard InChI is InChI=1S/C12H17BrN4O/c1-7(2)10(6-18)16-8-3-9(14)12-15-4-11(13)17(12)5-8/h3-5,7,10,16,18H,6,14H2,1-2H3. The van der Waals surface area contributed by atoms with E-state index in [9.17, 15) is 5.11 Å². The van der Waals surface area contributed by atoms with Gasteiger partial charge in [-0.2, -0.15) is 0 Å². The van der Waals surface area contributed by atoms with Crippen LogP contribution < -0.4 is 11.1 Å². The third-order valence-electron chi connectivity index (χ3n) is 2.94. The van der Waals surface area contributed by atoms with Crippen molar-refractivity contribution in [1.29, 1.82) is 0 Å². The van der Waals surface area contributed by atoms with E-state index in [1.54, 1.807) is 6.20 Å². The van der Waals surface area contributed by atoms with E-state index in [0.717, 1.165) is 15.9 Å². The van der Waals surface area contributed by atoms with Gasteiger partial charge in [-0.05, 0) is 27.9 Å². The number of aromatic nitrogens is 2. The van der Waals surface area contributed by atoms with Crippen molar-refractivity contribution in [2.75, 3.05) is 17.7 Å². The predicted molar refractivity (Wildman–Crippen MR) is 76.6 cm³/mol. The summed E-state index contributed by atoms with van der Waals surface area (Å²) in [6, 6.07) is 1.84. The van der Waals surface area contributed by atoms with Crippen molar-refractivity contribution in [2.45, 2.75) is 19.9 Å². The Morgan fingerprint density at radius 3 is 2.89 bits per heavy atom. The number of aliphatic hydroxyl groups is 1. The number of fused-ring (bicyclic) bond motifs is 1. The summed E-state index contributed by atoms with van der Waals surface area (Å²) in [6.45, 7) is 4.20. The first kappa shape index (κ1) is 13.2. The highest BCUT2D eigenvalue weighted by molar-refractivity contribution is 9.10. The van der Waals surface area contributed by atoms with Crippen molar-refractivity contribution < 1.29 is 5.11 Å². The number of nitrogens with zero attached hydrogens (tertiary/aromatic N) is 2. The highest BCUT2D eigenvalue weighted by Gasteiger charge is 2.13. The first-order valence-electron chi connectivity index (χ1n) is 5.82. The number of hydrogen-bond donors (Lipinski definition) is 3. The van der Waals surface area contributed by atoms with Crippen molar-refractivity contribution in [3.63, 3.8) is 0 Å². The second kappa shape index (κ2) is 5.16. The molecule has 5 nitrogen and oxygen atoms in total. The van der Waals surface area contributed by atoms with Crippen LogP contribution >= 0.6 is 15.9 Å². The van der Waals surface area contributed by atoms with E-state index in [4.69, 9.17) is 5.73 Å². The number of nitrogens with one attached hydrogen (secondary N) is 1. The summed E-state index contributed by atoms with van der Waals surface area (Å²) >= 11 is 3.42. The molecule has 0 spiro atoms. The van der Waals surface area contributed by atoms with Crippen molar-refractivity contribution in [1.82, 2.24) is 9.38 Å². The van der Waals surface area contributed by atoms with E-state index in [1.165, 1.54) is 0 Å². The third kappa shape index (κ3) is 2.44. The van der Waals surface area contributed by atoms with Gasteiger partial charge < -0.3 is 16.2 Å². The van der Waals surface area contributed by atoms with E-state index in [-0.39, 0.29) is 12.6 Å². The van der Waals surface area contributed by atoms with Gasteiger partial charge in [-0.3, -0.25) is 4.40 Å². The summed E-state index contributed by atoms with van der Waals surface area (Å²) in [7, 11) is 0. The fourth-order valence-corrected chi connectivity index (χ4v) is 2.17. The van der Waals surface area contributed by atoms with Gasteiger partial charge in [0.2, 0.25) is 0 Å². The van der Waals surface area contributed by atoms with E-state index in [0.29, 0.717) is 11.6 Å². The van der Waals surface area contributed by atoms with E-state index in [2.05, 4.69) is 40.1 Å². The molecule has 0 aromatic carbocycles. The van der Waals surface area contributed by atoms with Gasteiger partial charge in [0.15, 0.2) is 5.65 Å². The fraction of sp³-hybridized carbons (Fsp3) is 0.417. The maximum atomic E-state index is 9.33. The zero-order valence-corrected chi connectivity index (χ0v) is 12.0. The van der Waals surface area contributed by atoms with Crippen LogP contribution in [-0.4, -0.2) is 27.1 Å². The van der Waals surface area contributed by atoms with Gasteiger partial charge in [0.1, 0.15) is 4.60 Å². The number of pyridine rings is 1. The lowest BCUT2D eigenvalue weighted by Gasteiger charge is -2.21. The zero-order chi connectivity index (χ0) is 13.3. The van der Waals surface area contributed by atoms with E-state index >= 15 is 0 Å². The van der Waals surface area contributed by atoms with Crippen LogP contribution in [0.15, 0.2) is 23.1 Å². The zero-order valence-electron chi connectivity index (χ0n) is 10.4. The lowest BCUT2D eigenvalue weighted by molar-refractivity contribution is 0.249. The number of nitrogen functional groups attached to an aromatic ring is 1. The number of rotatable bonds is 4. The molecule has 0 fully saturated rings. The Morgan fingerprint density at radius 2 is 2.28 bits per heavy atom. The SMILES string of the molecule is CC(C)C(CO)Nc1cc(N)c2ncc(Br)n2c1. The number of nitrogens with two attached hydrogens (primary N) is 1. The maximum Gasteiger partial charge on any atom is 0.161 e. The van der Waals surface area contributed by atoms with Gasteiger partial charge in [-0.25, -0.2) is 4.98 Å². The molecule has 0 radical (unpaired) electrons. The minimum atomic E-state index is 0.00384. The average molecular weight is 313 g/mol. The van der Waals surface area contributed by atoms with Crippen LogP contribution in [0.5, 0.6) is 0 Å². The molecular weight excluding hydrogens is 296 g/mol. The number of hydrogen-bond acceptors (Lipinski definition) is 4. The highest BCUT2D eigenvalue weighted by Crippen LogP contribution is 2.23. The summed E-state index contributed by atoms with van der Waals surface area (Å²) in [5.74, 6) is 0.332. The molecule has 0 saturated heterocycles. The second-order valence-corrected chi connectivity index (χ2v) is 5.45. The Bertz CT molecular complexity index is 552. The number of imidazole rings is 1. The molecule has 4 N–H and O–H groups in total. The van der Waals surface area contributed by atoms with Gasteiger partial charge in [-0.15, -0.1) is 0 Å². The Balaban J connectivity index is 2.36. The Labute approximate surface area is 114 Å². The highest BCUT2D eigenvalue weighted by atomic mass is 79.9. The van der Waals surface area contributed by atoms with Gasteiger partial charge in [-0.1, -0.05) is 13.8 Å². The van der Waals surface area contributed by atoms with Crippen LogP contribution in [0.4, 0.5) is 11.4 Å². The topological polar surface area (TPSA) is 75.6 Å². The molecule has 98 valence electrons. The monoisotopic (exact) mass is 312 g/mol. The lowest BCUT2D eigenvalue weighted by atomic mass is 10.1. The van der Waals surface area contributed by atoms with Crippen LogP contribution in [0, 0.1) is 5.92 Å². The molecule has 0 aliphatic carbocycles. The van der Waals surface area contributed by atoms with Crippen LogP contribution in [0.1, 0.15) is 13.8 Å². The van der Waals surface area contributed by atoms with Gasteiger partial charge in [0.25, 0.3) is 0 Å². The molecule has 1 atom stereocenters. The molecule has 0 amide bonds. The summed E-state index contributed by atoms with van der Waals surface area (Å²) in [6.07, 6.45) is 3.62. The Kier molecular flexibility index (Phi) is 3.77. The molecule has 0 aliphatic rings. The molecular formula is C12H17BrN4O. The minimum absolute atomic E-state index is 0.00384. The van der Waals surface area contributed by atoms with Gasteiger partial charge in [0, 0.05) is 6.20 Å². The molecule has 18 heavy (non-hydrogen) atoms. The van der Waals surface area contributed by atoms with Crippen LogP contribution in [0.2, 0.25) is 0 Å². The predicted octanol–water partition coefficient (Wildman–Crippen LogP) is 2.11. The minimum Gasteiger partial charge on any atom is -0.396 e. The number of anilines is 2. The molecule has 0 aliphatic heterocycles. The molecule has 1 unspecified atom stereocenters. The summed E-state index contributed by atoms with van der Waals surface area (Å²) in [4.78, 5) is 4.21. The summed E-state index contributed by atoms with van der Waals surface area (Å²) in [5.41, 5.74) is 8.15. The van der Waals surface area contributed by atoms with Crippen molar-refractivity contribution in [3.05, 3.63) is 23.1 Å². The first-order valence-corrected chi connectivity index (χ1v) is 6.61. The van der Waals surface area contributed by atoms with E-state index < -0.39 is 0 Å². The van der Waals surface area contributed by atoms with Crippen molar-refractivity contribution >= 4 is 33.0 Å². The van der Waals surface area contributed by atoms with Crippen LogP contribution in [-0.2, 0) is 0 Å². The number of aliphatic hydroxyl groups excluding tert-OH is 1. The van der Waals surface area contributed by atoms with Crippen LogP contribution in [0.3, 0.4) is 0 Å². The van der Waals surface area contributed by atoms with Gasteiger partial charge in [0.05, 0.1) is 30.2 Å². The molecule has 6 heteroatoms. The maximum absolute atomic E-state index is 9.33. The fourth-order valence-electron chi connectivity index (χ4n) is 1.80. The molecule has 2 heterocycles. The lowest BCUT2D eigenvalue weighted by Crippen LogP contribution is -2.29. The first-order chi connectivity index (χ1) is 8.52. The normalized spacial score (nSPS) is 13.2.